The third-order valence-electron chi connectivity index (χ3n) is 2.76. The molecule has 1 rings (SSSR count). The van der Waals surface area contributed by atoms with Crippen LogP contribution in [0.25, 0.3) is 0 Å². The van der Waals surface area contributed by atoms with Crippen LogP contribution in [0.2, 0.25) is 0 Å². The maximum Gasteiger partial charge on any atom is 0.319 e. The standard InChI is InChI=1S/C14H17F4NO2/c1-10(7-19-9-14(17,18)13(15)16)12(20)21-8-11-5-3-2-4-6-11/h2-6,10,13,19H,7-9H2,1H3. The molecule has 0 heterocycles. The van der Waals surface area contributed by atoms with Crippen molar-refractivity contribution in [2.24, 2.45) is 5.92 Å². The summed E-state index contributed by atoms with van der Waals surface area (Å²) in [4.78, 5) is 11.6. The van der Waals surface area contributed by atoms with Crippen molar-refractivity contribution in [2.75, 3.05) is 13.1 Å². The number of benzene rings is 1. The maximum absolute atomic E-state index is 12.6. The van der Waals surface area contributed by atoms with Crippen molar-refractivity contribution in [3.63, 3.8) is 0 Å². The van der Waals surface area contributed by atoms with Crippen LogP contribution >= 0.6 is 0 Å². The Balaban J connectivity index is 2.28. The van der Waals surface area contributed by atoms with Gasteiger partial charge < -0.3 is 10.1 Å². The Bertz CT molecular complexity index is 440. The van der Waals surface area contributed by atoms with E-state index in [0.29, 0.717) is 0 Å². The topological polar surface area (TPSA) is 38.3 Å². The Morgan fingerprint density at radius 1 is 1.29 bits per heavy atom. The van der Waals surface area contributed by atoms with Gasteiger partial charge in [-0.1, -0.05) is 37.3 Å². The van der Waals surface area contributed by atoms with Crippen molar-refractivity contribution < 1.29 is 27.1 Å². The molecule has 3 nitrogen and oxygen atoms in total. The molecule has 0 saturated heterocycles. The minimum absolute atomic E-state index is 0.0806. The van der Waals surface area contributed by atoms with Gasteiger partial charge in [-0.25, -0.2) is 8.78 Å². The number of ether oxygens (including phenoxy) is 1. The Labute approximate surface area is 120 Å². The number of carbonyl (C=O) groups is 1. The van der Waals surface area contributed by atoms with Crippen LogP contribution in [0.4, 0.5) is 17.6 Å². The highest BCUT2D eigenvalue weighted by molar-refractivity contribution is 5.72. The van der Waals surface area contributed by atoms with Crippen molar-refractivity contribution in [3.05, 3.63) is 35.9 Å². The van der Waals surface area contributed by atoms with Crippen molar-refractivity contribution in [1.29, 1.82) is 0 Å². The van der Waals surface area contributed by atoms with Gasteiger partial charge in [-0.3, -0.25) is 4.79 Å². The molecule has 0 amide bonds. The van der Waals surface area contributed by atoms with Gasteiger partial charge >= 0.3 is 18.3 Å². The number of esters is 1. The van der Waals surface area contributed by atoms with Gasteiger partial charge in [0.15, 0.2) is 0 Å². The van der Waals surface area contributed by atoms with Crippen LogP contribution in [-0.2, 0) is 16.1 Å². The van der Waals surface area contributed by atoms with Gasteiger partial charge in [0.25, 0.3) is 0 Å². The fourth-order valence-corrected chi connectivity index (χ4v) is 1.49. The van der Waals surface area contributed by atoms with Crippen LogP contribution < -0.4 is 5.32 Å². The fourth-order valence-electron chi connectivity index (χ4n) is 1.49. The highest BCUT2D eigenvalue weighted by Gasteiger charge is 2.40. The summed E-state index contributed by atoms with van der Waals surface area (Å²) in [6.45, 7) is 0.217. The van der Waals surface area contributed by atoms with Crippen LogP contribution in [-0.4, -0.2) is 31.4 Å². The third-order valence-corrected chi connectivity index (χ3v) is 2.76. The predicted octanol–water partition coefficient (Wildman–Crippen LogP) is 2.86. The zero-order valence-corrected chi connectivity index (χ0v) is 11.5. The Kier molecular flexibility index (Phi) is 6.61. The third kappa shape index (κ3) is 6.12. The molecule has 0 saturated carbocycles. The van der Waals surface area contributed by atoms with Crippen LogP contribution in [0.15, 0.2) is 30.3 Å². The number of hydrogen-bond acceptors (Lipinski definition) is 3. The molecule has 0 bridgehead atoms. The molecular weight excluding hydrogens is 290 g/mol. The van der Waals surface area contributed by atoms with Crippen molar-refractivity contribution in [3.8, 4) is 0 Å². The summed E-state index contributed by atoms with van der Waals surface area (Å²) in [5.41, 5.74) is 0.801. The number of alkyl halides is 4. The first kappa shape index (κ1) is 17.4. The van der Waals surface area contributed by atoms with Gasteiger partial charge in [0.1, 0.15) is 6.61 Å². The van der Waals surface area contributed by atoms with E-state index in [1.54, 1.807) is 24.3 Å². The van der Waals surface area contributed by atoms with Gasteiger partial charge in [0.2, 0.25) is 0 Å². The molecule has 0 spiro atoms. The van der Waals surface area contributed by atoms with E-state index in [9.17, 15) is 22.4 Å². The van der Waals surface area contributed by atoms with E-state index in [-0.39, 0.29) is 13.2 Å². The van der Waals surface area contributed by atoms with Gasteiger partial charge in [-0.2, -0.15) is 8.78 Å². The molecular formula is C14H17F4NO2. The van der Waals surface area contributed by atoms with E-state index in [1.807, 2.05) is 6.07 Å². The molecule has 1 aromatic rings. The minimum atomic E-state index is -4.10. The smallest absolute Gasteiger partial charge is 0.319 e. The zero-order valence-electron chi connectivity index (χ0n) is 11.5. The number of carbonyl (C=O) groups excluding carboxylic acids is 1. The van der Waals surface area contributed by atoms with Crippen LogP contribution in [0, 0.1) is 5.92 Å². The van der Waals surface area contributed by atoms with E-state index in [1.165, 1.54) is 6.92 Å². The molecule has 0 fully saturated rings. The molecule has 0 aliphatic heterocycles. The lowest BCUT2D eigenvalue weighted by atomic mass is 10.2. The number of hydrogen-bond donors (Lipinski definition) is 1. The van der Waals surface area contributed by atoms with Crippen LogP contribution in [0.5, 0.6) is 0 Å². The molecule has 0 aliphatic rings. The Morgan fingerprint density at radius 2 is 1.90 bits per heavy atom. The first-order valence-electron chi connectivity index (χ1n) is 6.40. The molecule has 1 N–H and O–H groups in total. The van der Waals surface area contributed by atoms with E-state index < -0.39 is 30.8 Å². The summed E-state index contributed by atoms with van der Waals surface area (Å²) in [6, 6.07) is 8.96. The fraction of sp³-hybridized carbons (Fsp3) is 0.500. The second kappa shape index (κ2) is 7.97. The normalized spacial score (nSPS) is 13.2. The second-order valence-electron chi connectivity index (χ2n) is 4.69. The lowest BCUT2D eigenvalue weighted by Gasteiger charge is -2.17. The number of nitrogens with one attached hydrogen (secondary N) is 1. The summed E-state index contributed by atoms with van der Waals surface area (Å²) in [7, 11) is 0. The highest BCUT2D eigenvalue weighted by Crippen LogP contribution is 2.21. The molecule has 21 heavy (non-hydrogen) atoms. The summed E-state index contributed by atoms with van der Waals surface area (Å²) in [5.74, 6) is -5.39. The molecule has 7 heteroatoms. The van der Waals surface area contributed by atoms with Gasteiger partial charge in [-0.05, 0) is 5.56 Å². The predicted molar refractivity (Wildman–Crippen MR) is 69.2 cm³/mol. The van der Waals surface area contributed by atoms with Crippen LogP contribution in [0.3, 0.4) is 0 Å². The Morgan fingerprint density at radius 3 is 2.48 bits per heavy atom. The summed E-state index contributed by atoms with van der Waals surface area (Å²) in [5, 5.41) is 2.16. The molecule has 0 aliphatic carbocycles. The first-order chi connectivity index (χ1) is 9.83. The molecule has 0 radical (unpaired) electrons. The number of halogens is 4. The zero-order chi connectivity index (χ0) is 15.9. The van der Waals surface area contributed by atoms with Gasteiger partial charge in [0, 0.05) is 6.54 Å². The summed E-state index contributed by atoms with van der Waals surface area (Å²) < 4.78 is 54.1. The molecule has 1 atom stereocenters. The van der Waals surface area contributed by atoms with Crippen molar-refractivity contribution in [2.45, 2.75) is 25.9 Å². The lowest BCUT2D eigenvalue weighted by Crippen LogP contribution is -2.41. The largest absolute Gasteiger partial charge is 0.461 e. The Hall–Kier alpha value is -1.63. The minimum Gasteiger partial charge on any atom is -0.461 e. The van der Waals surface area contributed by atoms with Crippen molar-refractivity contribution in [1.82, 2.24) is 5.32 Å². The quantitative estimate of drug-likeness (QED) is 0.593. The van der Waals surface area contributed by atoms with E-state index in [4.69, 9.17) is 4.74 Å². The van der Waals surface area contributed by atoms with Gasteiger partial charge in [-0.15, -0.1) is 0 Å². The van der Waals surface area contributed by atoms with Crippen molar-refractivity contribution >= 4 is 5.97 Å². The summed E-state index contributed by atoms with van der Waals surface area (Å²) in [6.07, 6.45) is -3.73. The lowest BCUT2D eigenvalue weighted by molar-refractivity contribution is -0.149. The molecule has 0 aromatic heterocycles. The highest BCUT2D eigenvalue weighted by atomic mass is 19.3. The van der Waals surface area contributed by atoms with E-state index in [0.717, 1.165) is 5.56 Å². The van der Waals surface area contributed by atoms with E-state index >= 15 is 0 Å². The molecule has 1 unspecified atom stereocenters. The van der Waals surface area contributed by atoms with Crippen LogP contribution in [0.1, 0.15) is 12.5 Å². The average molecular weight is 307 g/mol. The molecule has 118 valence electrons. The second-order valence-corrected chi connectivity index (χ2v) is 4.69. The van der Waals surface area contributed by atoms with Gasteiger partial charge in [0.05, 0.1) is 12.5 Å². The number of rotatable bonds is 8. The summed E-state index contributed by atoms with van der Waals surface area (Å²) >= 11 is 0. The van der Waals surface area contributed by atoms with E-state index in [2.05, 4.69) is 5.32 Å². The monoisotopic (exact) mass is 307 g/mol. The first-order valence-corrected chi connectivity index (χ1v) is 6.40. The SMILES string of the molecule is CC(CNCC(F)(F)C(F)F)C(=O)OCc1ccccc1. The molecule has 1 aromatic carbocycles. The average Bonchev–Trinajstić information content (AvgIpc) is 2.45. The maximum atomic E-state index is 12.6.